The quantitative estimate of drug-likeness (QED) is 0.267. The molecule has 0 aromatic carbocycles. The highest BCUT2D eigenvalue weighted by Crippen LogP contribution is 2.18. The smallest absolute Gasteiger partial charge is 0.326 e. The summed E-state index contributed by atoms with van der Waals surface area (Å²) in [5.74, 6) is -7.58. The zero-order valence-corrected chi connectivity index (χ0v) is 24.4. The maximum Gasteiger partial charge on any atom is 0.326 e. The molecule has 2 amide bonds. The zero-order valence-electron chi connectivity index (χ0n) is 24.4. The minimum absolute atomic E-state index is 0.0191. The number of carboxylic acids is 3. The van der Waals surface area contributed by atoms with Gasteiger partial charge in [-0.15, -0.1) is 0 Å². The van der Waals surface area contributed by atoms with Crippen LogP contribution in [0.3, 0.4) is 0 Å². The number of Topliss-reactive ketones (excluding diaryl/α,β-unsaturated/α-hetero) is 1. The number of amides is 2. The van der Waals surface area contributed by atoms with E-state index in [9.17, 15) is 39.0 Å². The molecule has 11 nitrogen and oxygen atoms in total. The average molecular weight is 583 g/mol. The van der Waals surface area contributed by atoms with E-state index in [0.29, 0.717) is 12.8 Å². The van der Waals surface area contributed by atoms with Crippen molar-refractivity contribution in [2.24, 2.45) is 5.92 Å². The van der Waals surface area contributed by atoms with Gasteiger partial charge < -0.3 is 26.0 Å². The molecule has 1 rings (SSSR count). The third-order valence-electron chi connectivity index (χ3n) is 7.65. The van der Waals surface area contributed by atoms with Gasteiger partial charge in [0.25, 0.3) is 0 Å². The van der Waals surface area contributed by atoms with Gasteiger partial charge in [0.05, 0.1) is 5.92 Å². The predicted molar refractivity (Wildman–Crippen MR) is 152 cm³/mol. The Morgan fingerprint density at radius 1 is 0.707 bits per heavy atom. The molecule has 1 heterocycles. The minimum atomic E-state index is -1.55. The summed E-state index contributed by atoms with van der Waals surface area (Å²) in [5, 5.41) is 32.7. The van der Waals surface area contributed by atoms with Crippen LogP contribution in [0.25, 0.3) is 0 Å². The van der Waals surface area contributed by atoms with Gasteiger partial charge >= 0.3 is 17.9 Å². The van der Waals surface area contributed by atoms with Crippen LogP contribution >= 0.6 is 0 Å². The molecule has 0 radical (unpaired) electrons. The molecule has 11 heteroatoms. The van der Waals surface area contributed by atoms with Crippen molar-refractivity contribution in [2.45, 2.75) is 147 Å². The van der Waals surface area contributed by atoms with Gasteiger partial charge in [-0.3, -0.25) is 19.2 Å². The van der Waals surface area contributed by atoms with Crippen LogP contribution in [0.1, 0.15) is 135 Å². The van der Waals surface area contributed by atoms with Crippen LogP contribution in [0.2, 0.25) is 0 Å². The van der Waals surface area contributed by atoms with Crippen LogP contribution in [0, 0.1) is 5.92 Å². The number of carboxylic acid groups (broad SMARTS) is 3. The average Bonchev–Trinajstić information content (AvgIpc) is 2.91. The Balaban J connectivity index is 2.94. The molecule has 0 spiro atoms. The molecule has 1 unspecified atom stereocenters. The van der Waals surface area contributed by atoms with Gasteiger partial charge in [0.2, 0.25) is 11.8 Å². The number of carbonyl (C=O) groups is 6. The summed E-state index contributed by atoms with van der Waals surface area (Å²) < 4.78 is 0. The Hall–Kier alpha value is -2.98. The standard InChI is InChI=1S/C30H50N2O9/c33-25-17-15-13-11-9-7-5-3-1-2-4-6-8-10-12-14-16-18-26(34)31-24(30(40)41)21-22(25)28(37)32-23(29(38)39)19-20-27(35)36/h22-24H,1-21H2,(H,31,34)(H,32,37)(H,35,36)(H,38,39)(H,40,41)/t22?,23-,24-/m0/s1. The zero-order chi connectivity index (χ0) is 30.5. The van der Waals surface area contributed by atoms with E-state index in [-0.39, 0.29) is 12.8 Å². The number of carbonyl (C=O) groups excluding carboxylic acids is 3. The molecule has 1 aliphatic rings. The predicted octanol–water partition coefficient (Wildman–Crippen LogP) is 4.60. The maximum atomic E-state index is 13.1. The maximum absolute atomic E-state index is 13.1. The van der Waals surface area contributed by atoms with Crippen molar-refractivity contribution in [3.8, 4) is 0 Å². The van der Waals surface area contributed by atoms with Crippen LogP contribution in [0.5, 0.6) is 0 Å². The molecular weight excluding hydrogens is 532 g/mol. The third-order valence-corrected chi connectivity index (χ3v) is 7.65. The first-order valence-corrected chi connectivity index (χ1v) is 15.4. The molecular formula is C30H50N2O9. The summed E-state index contributed by atoms with van der Waals surface area (Å²) in [7, 11) is 0. The van der Waals surface area contributed by atoms with E-state index in [2.05, 4.69) is 10.6 Å². The first-order chi connectivity index (χ1) is 19.6. The van der Waals surface area contributed by atoms with E-state index in [1.807, 2.05) is 0 Å². The normalized spacial score (nSPS) is 22.8. The second-order valence-corrected chi connectivity index (χ2v) is 11.2. The van der Waals surface area contributed by atoms with Crippen molar-refractivity contribution in [3.05, 3.63) is 0 Å². The molecule has 5 N–H and O–H groups in total. The molecule has 0 aromatic heterocycles. The fraction of sp³-hybridized carbons (Fsp3) is 0.800. The van der Waals surface area contributed by atoms with Gasteiger partial charge in [0.1, 0.15) is 17.9 Å². The first kappa shape index (κ1) is 36.0. The van der Waals surface area contributed by atoms with Gasteiger partial charge in [-0.25, -0.2) is 9.59 Å². The van der Waals surface area contributed by atoms with E-state index >= 15 is 0 Å². The number of aliphatic carboxylic acids is 3. The third kappa shape index (κ3) is 17.4. The lowest BCUT2D eigenvalue weighted by Gasteiger charge is -2.23. The molecule has 0 aliphatic carbocycles. The minimum Gasteiger partial charge on any atom is -0.481 e. The molecule has 0 aromatic rings. The Morgan fingerprint density at radius 3 is 1.56 bits per heavy atom. The molecule has 1 aliphatic heterocycles. The van der Waals surface area contributed by atoms with E-state index in [1.54, 1.807) is 0 Å². The Kier molecular flexibility index (Phi) is 19.1. The fourth-order valence-electron chi connectivity index (χ4n) is 5.14. The van der Waals surface area contributed by atoms with Crippen LogP contribution in [0.4, 0.5) is 0 Å². The molecule has 3 atom stereocenters. The highest BCUT2D eigenvalue weighted by atomic mass is 16.4. The van der Waals surface area contributed by atoms with Gasteiger partial charge in [-0.05, 0) is 25.7 Å². The topological polar surface area (TPSA) is 187 Å². The summed E-state index contributed by atoms with van der Waals surface area (Å²) in [5.41, 5.74) is 0. The van der Waals surface area contributed by atoms with Crippen LogP contribution in [0.15, 0.2) is 0 Å². The number of nitrogens with one attached hydrogen (secondary N) is 2. The van der Waals surface area contributed by atoms with Crippen molar-refractivity contribution in [2.75, 3.05) is 0 Å². The molecule has 41 heavy (non-hydrogen) atoms. The van der Waals surface area contributed by atoms with Crippen molar-refractivity contribution < 1.29 is 44.1 Å². The number of ketones is 1. The Morgan fingerprint density at radius 2 is 1.15 bits per heavy atom. The highest BCUT2D eigenvalue weighted by molar-refractivity contribution is 6.03. The van der Waals surface area contributed by atoms with Crippen molar-refractivity contribution in [1.82, 2.24) is 10.6 Å². The van der Waals surface area contributed by atoms with Crippen LogP contribution < -0.4 is 10.6 Å². The van der Waals surface area contributed by atoms with E-state index in [4.69, 9.17) is 5.11 Å². The number of rotatable bonds is 7. The monoisotopic (exact) mass is 582 g/mol. The van der Waals surface area contributed by atoms with E-state index < -0.39 is 72.8 Å². The molecule has 1 fully saturated rings. The number of hydrogen-bond acceptors (Lipinski definition) is 6. The lowest BCUT2D eigenvalue weighted by Crippen LogP contribution is -2.49. The second kappa shape index (κ2) is 21.7. The molecule has 0 bridgehead atoms. The van der Waals surface area contributed by atoms with Crippen molar-refractivity contribution >= 4 is 35.5 Å². The summed E-state index contributed by atoms with van der Waals surface area (Å²) in [4.78, 5) is 73.2. The van der Waals surface area contributed by atoms with Crippen molar-refractivity contribution in [1.29, 1.82) is 0 Å². The van der Waals surface area contributed by atoms with Crippen LogP contribution in [-0.4, -0.2) is 62.9 Å². The summed E-state index contributed by atoms with van der Waals surface area (Å²) >= 11 is 0. The van der Waals surface area contributed by atoms with Crippen LogP contribution in [-0.2, 0) is 28.8 Å². The van der Waals surface area contributed by atoms with Crippen molar-refractivity contribution in [3.63, 3.8) is 0 Å². The molecule has 234 valence electrons. The first-order valence-electron chi connectivity index (χ1n) is 15.4. The largest absolute Gasteiger partial charge is 0.481 e. The van der Waals surface area contributed by atoms with E-state index in [0.717, 1.165) is 44.9 Å². The molecule has 0 saturated carbocycles. The lowest BCUT2D eigenvalue weighted by molar-refractivity contribution is -0.147. The summed E-state index contributed by atoms with van der Waals surface area (Å²) in [6.07, 6.45) is 15.3. The van der Waals surface area contributed by atoms with Gasteiger partial charge in [-0.2, -0.15) is 0 Å². The lowest BCUT2D eigenvalue weighted by atomic mass is 9.90. The van der Waals surface area contributed by atoms with E-state index in [1.165, 1.54) is 44.9 Å². The summed E-state index contributed by atoms with van der Waals surface area (Å²) in [6, 6.07) is -3.05. The summed E-state index contributed by atoms with van der Waals surface area (Å²) in [6.45, 7) is 0. The van der Waals surface area contributed by atoms with Gasteiger partial charge in [0.15, 0.2) is 0 Å². The number of hydrogen-bond donors (Lipinski definition) is 5. The van der Waals surface area contributed by atoms with Gasteiger partial charge in [0, 0.05) is 19.3 Å². The van der Waals surface area contributed by atoms with Gasteiger partial charge in [-0.1, -0.05) is 89.9 Å². The molecule has 1 saturated heterocycles. The SMILES string of the molecule is O=C(O)CC[C@H](NC(=O)C1C[C@@H](C(=O)O)NC(=O)CCCCCCCCCCCCCCCCCCC1=O)C(=O)O. The Bertz CT molecular complexity index is 846. The fourth-order valence-corrected chi connectivity index (χ4v) is 5.14. The highest BCUT2D eigenvalue weighted by Gasteiger charge is 2.35. The Labute approximate surface area is 243 Å². The second-order valence-electron chi connectivity index (χ2n) is 11.2.